The van der Waals surface area contributed by atoms with Crippen molar-refractivity contribution in [2.45, 2.75) is 50.2 Å². The van der Waals surface area contributed by atoms with Crippen LogP contribution in [0.1, 0.15) is 44.1 Å². The Balaban J connectivity index is 1.28. The molecular formula is C21H29N3O3. The highest BCUT2D eigenvalue weighted by Crippen LogP contribution is 2.34. The molecule has 3 aliphatic rings. The Kier molecular flexibility index (Phi) is 5.08. The number of amides is 2. The number of rotatable bonds is 6. The van der Waals surface area contributed by atoms with E-state index >= 15 is 0 Å². The molecule has 2 amide bonds. The minimum absolute atomic E-state index is 0.121. The third kappa shape index (κ3) is 4.43. The normalized spacial score (nSPS) is 23.3. The standard InChI is InChI=1S/C21H29N3O3/c1-16(17-5-3-2-4-6-17)13-24-15-21(27-20(24)26)9-11-23(12-10-21)14-19(25)22-18-7-8-18/h2-6,16,18H,7-15H2,1H3,(H,22,25)/t16-/m0/s1. The Morgan fingerprint density at radius 3 is 2.63 bits per heavy atom. The van der Waals surface area contributed by atoms with E-state index in [1.165, 1.54) is 5.56 Å². The van der Waals surface area contributed by atoms with Crippen LogP contribution in [-0.4, -0.2) is 66.2 Å². The van der Waals surface area contributed by atoms with Gasteiger partial charge < -0.3 is 15.0 Å². The van der Waals surface area contributed by atoms with Gasteiger partial charge in [-0.1, -0.05) is 37.3 Å². The first-order valence-corrected chi connectivity index (χ1v) is 10.1. The van der Waals surface area contributed by atoms with Crippen LogP contribution in [0.15, 0.2) is 30.3 Å². The number of hydrogen-bond acceptors (Lipinski definition) is 4. The molecular weight excluding hydrogens is 342 g/mol. The molecule has 1 aromatic carbocycles. The Morgan fingerprint density at radius 2 is 1.96 bits per heavy atom. The smallest absolute Gasteiger partial charge is 0.410 e. The number of nitrogens with one attached hydrogen (secondary N) is 1. The minimum Gasteiger partial charge on any atom is -0.441 e. The number of piperidine rings is 1. The first-order valence-electron chi connectivity index (χ1n) is 10.1. The van der Waals surface area contributed by atoms with Gasteiger partial charge in [0.15, 0.2) is 0 Å². The monoisotopic (exact) mass is 371 g/mol. The van der Waals surface area contributed by atoms with Crippen molar-refractivity contribution in [2.75, 3.05) is 32.7 Å². The predicted octanol–water partition coefficient (Wildman–Crippen LogP) is 2.36. The first-order chi connectivity index (χ1) is 13.0. The third-order valence-corrected chi connectivity index (χ3v) is 5.98. The number of likely N-dealkylation sites (tertiary alicyclic amines) is 1. The van der Waals surface area contributed by atoms with E-state index in [0.717, 1.165) is 38.8 Å². The average Bonchev–Trinajstić information content (AvgIpc) is 3.42. The lowest BCUT2D eigenvalue weighted by atomic mass is 9.91. The highest BCUT2D eigenvalue weighted by Gasteiger charge is 2.47. The third-order valence-electron chi connectivity index (χ3n) is 5.98. The summed E-state index contributed by atoms with van der Waals surface area (Å²) in [4.78, 5) is 28.4. The molecule has 3 fully saturated rings. The maximum absolute atomic E-state index is 12.4. The van der Waals surface area contributed by atoms with Crippen LogP contribution >= 0.6 is 0 Å². The molecule has 27 heavy (non-hydrogen) atoms. The molecule has 0 aromatic heterocycles. The molecule has 6 heteroatoms. The van der Waals surface area contributed by atoms with Gasteiger partial charge in [0, 0.05) is 38.5 Å². The second-order valence-electron chi connectivity index (χ2n) is 8.36. The van der Waals surface area contributed by atoms with Crippen LogP contribution in [-0.2, 0) is 9.53 Å². The number of carbonyl (C=O) groups is 2. The van der Waals surface area contributed by atoms with Gasteiger partial charge in [-0.05, 0) is 24.3 Å². The van der Waals surface area contributed by atoms with Crippen molar-refractivity contribution in [2.24, 2.45) is 0 Å². The molecule has 1 aliphatic carbocycles. The lowest BCUT2D eigenvalue weighted by Gasteiger charge is -2.37. The van der Waals surface area contributed by atoms with E-state index in [4.69, 9.17) is 4.74 Å². The fourth-order valence-corrected chi connectivity index (χ4v) is 4.13. The number of nitrogens with zero attached hydrogens (tertiary/aromatic N) is 2. The summed E-state index contributed by atoms with van der Waals surface area (Å²) < 4.78 is 5.83. The molecule has 0 radical (unpaired) electrons. The SMILES string of the molecule is C[C@@H](CN1CC2(CCN(CC(=O)NC3CC3)CC2)OC1=O)c1ccccc1. The lowest BCUT2D eigenvalue weighted by molar-refractivity contribution is -0.123. The van der Waals surface area contributed by atoms with Crippen LogP contribution in [0.5, 0.6) is 0 Å². The molecule has 2 heterocycles. The van der Waals surface area contributed by atoms with Crippen molar-refractivity contribution in [3.05, 3.63) is 35.9 Å². The quantitative estimate of drug-likeness (QED) is 0.834. The summed E-state index contributed by atoms with van der Waals surface area (Å²) in [6, 6.07) is 10.7. The van der Waals surface area contributed by atoms with E-state index < -0.39 is 0 Å². The van der Waals surface area contributed by atoms with Crippen molar-refractivity contribution < 1.29 is 14.3 Å². The largest absolute Gasteiger partial charge is 0.441 e. The highest BCUT2D eigenvalue weighted by molar-refractivity contribution is 5.78. The van der Waals surface area contributed by atoms with Crippen LogP contribution in [0.25, 0.3) is 0 Å². The van der Waals surface area contributed by atoms with E-state index in [-0.39, 0.29) is 23.5 Å². The summed E-state index contributed by atoms with van der Waals surface area (Å²) in [5.74, 6) is 0.398. The van der Waals surface area contributed by atoms with Gasteiger partial charge in [0.1, 0.15) is 5.60 Å². The number of ether oxygens (including phenoxy) is 1. The van der Waals surface area contributed by atoms with Crippen LogP contribution < -0.4 is 5.32 Å². The zero-order valence-electron chi connectivity index (χ0n) is 16.0. The fourth-order valence-electron chi connectivity index (χ4n) is 4.13. The molecule has 4 rings (SSSR count). The fraction of sp³-hybridized carbons (Fsp3) is 0.619. The van der Waals surface area contributed by atoms with Gasteiger partial charge in [0.05, 0.1) is 13.1 Å². The summed E-state index contributed by atoms with van der Waals surface area (Å²) >= 11 is 0. The Hall–Kier alpha value is -2.08. The first kappa shape index (κ1) is 18.3. The summed E-state index contributed by atoms with van der Waals surface area (Å²) in [7, 11) is 0. The molecule has 146 valence electrons. The van der Waals surface area contributed by atoms with Gasteiger partial charge >= 0.3 is 6.09 Å². The summed E-state index contributed by atoms with van der Waals surface area (Å²) in [6.07, 6.45) is 3.62. The van der Waals surface area contributed by atoms with Gasteiger partial charge in [-0.15, -0.1) is 0 Å². The van der Waals surface area contributed by atoms with E-state index in [9.17, 15) is 9.59 Å². The highest BCUT2D eigenvalue weighted by atomic mass is 16.6. The molecule has 0 bridgehead atoms. The molecule has 2 saturated heterocycles. The van der Waals surface area contributed by atoms with Crippen molar-refractivity contribution >= 4 is 12.0 Å². The van der Waals surface area contributed by atoms with E-state index in [1.807, 2.05) is 23.1 Å². The van der Waals surface area contributed by atoms with Crippen LogP contribution in [0.2, 0.25) is 0 Å². The molecule has 1 atom stereocenters. The molecule has 1 spiro atoms. The van der Waals surface area contributed by atoms with E-state index in [2.05, 4.69) is 29.3 Å². The Bertz CT molecular complexity index is 681. The van der Waals surface area contributed by atoms with Crippen LogP contribution in [0, 0.1) is 0 Å². The molecule has 1 saturated carbocycles. The van der Waals surface area contributed by atoms with Crippen molar-refractivity contribution in [1.29, 1.82) is 0 Å². The second-order valence-corrected chi connectivity index (χ2v) is 8.36. The molecule has 1 aromatic rings. The number of benzene rings is 1. The lowest BCUT2D eigenvalue weighted by Crippen LogP contribution is -2.49. The van der Waals surface area contributed by atoms with Gasteiger partial charge in [-0.25, -0.2) is 4.79 Å². The molecule has 2 aliphatic heterocycles. The Labute approximate surface area is 160 Å². The summed E-state index contributed by atoms with van der Waals surface area (Å²) in [6.45, 7) is 5.54. The van der Waals surface area contributed by atoms with E-state index in [0.29, 0.717) is 25.7 Å². The Morgan fingerprint density at radius 1 is 1.26 bits per heavy atom. The van der Waals surface area contributed by atoms with Crippen LogP contribution in [0.3, 0.4) is 0 Å². The van der Waals surface area contributed by atoms with Crippen molar-refractivity contribution in [1.82, 2.24) is 15.1 Å². The molecule has 0 unspecified atom stereocenters. The average molecular weight is 371 g/mol. The van der Waals surface area contributed by atoms with Crippen molar-refractivity contribution in [3.8, 4) is 0 Å². The van der Waals surface area contributed by atoms with Crippen LogP contribution in [0.4, 0.5) is 4.79 Å². The van der Waals surface area contributed by atoms with Crippen molar-refractivity contribution in [3.63, 3.8) is 0 Å². The zero-order chi connectivity index (χ0) is 18.9. The zero-order valence-corrected chi connectivity index (χ0v) is 16.0. The van der Waals surface area contributed by atoms with Gasteiger partial charge in [0.25, 0.3) is 0 Å². The maximum atomic E-state index is 12.4. The minimum atomic E-state index is -0.378. The summed E-state index contributed by atoms with van der Waals surface area (Å²) in [5, 5.41) is 3.04. The maximum Gasteiger partial charge on any atom is 0.410 e. The predicted molar refractivity (Wildman–Crippen MR) is 102 cm³/mol. The van der Waals surface area contributed by atoms with E-state index in [1.54, 1.807) is 0 Å². The van der Waals surface area contributed by atoms with Gasteiger partial charge in [0.2, 0.25) is 5.91 Å². The second kappa shape index (κ2) is 7.50. The topological polar surface area (TPSA) is 61.9 Å². The van der Waals surface area contributed by atoms with Gasteiger partial charge in [-0.2, -0.15) is 0 Å². The molecule has 1 N–H and O–H groups in total. The number of hydrogen-bond donors (Lipinski definition) is 1. The number of carbonyl (C=O) groups excluding carboxylic acids is 2. The molecule has 6 nitrogen and oxygen atoms in total. The van der Waals surface area contributed by atoms with Gasteiger partial charge in [-0.3, -0.25) is 9.69 Å². The summed E-state index contributed by atoms with van der Waals surface area (Å²) in [5.41, 5.74) is 0.861.